The van der Waals surface area contributed by atoms with Crippen LogP contribution in [0.5, 0.6) is 0 Å². The van der Waals surface area contributed by atoms with Crippen LogP contribution >= 0.6 is 0 Å². The second-order valence-corrected chi connectivity index (χ2v) is 7.73. The van der Waals surface area contributed by atoms with Crippen LogP contribution in [0.15, 0.2) is 0 Å². The third-order valence-electron chi connectivity index (χ3n) is 5.21. The molecule has 2 rings (SSSR count). The van der Waals surface area contributed by atoms with E-state index < -0.39 is 0 Å². The van der Waals surface area contributed by atoms with Crippen LogP contribution in [0.25, 0.3) is 0 Å². The zero-order chi connectivity index (χ0) is 13.2. The van der Waals surface area contributed by atoms with Gasteiger partial charge in [0.25, 0.3) is 0 Å². The molecule has 2 aliphatic carbocycles. The standard InChI is InChI=1S/C16H31NO/c1-15(2,3)13-6-8-14(9-7-13)17-12-16(18)10-4-5-11-16/h13-14,17-18H,4-12H2,1-3H3. The molecule has 0 aromatic heterocycles. The summed E-state index contributed by atoms with van der Waals surface area (Å²) in [6.45, 7) is 7.92. The normalized spacial score (nSPS) is 32.7. The molecule has 0 bridgehead atoms. The molecule has 2 aliphatic rings. The van der Waals surface area contributed by atoms with E-state index in [1.165, 1.54) is 38.5 Å². The fourth-order valence-electron chi connectivity index (χ4n) is 3.71. The molecule has 2 saturated carbocycles. The molecule has 0 unspecified atom stereocenters. The van der Waals surface area contributed by atoms with Crippen molar-refractivity contribution in [2.45, 2.75) is 83.8 Å². The molecule has 0 aromatic rings. The minimum absolute atomic E-state index is 0.388. The zero-order valence-electron chi connectivity index (χ0n) is 12.5. The quantitative estimate of drug-likeness (QED) is 0.807. The topological polar surface area (TPSA) is 32.3 Å². The first-order valence-electron chi connectivity index (χ1n) is 7.85. The highest BCUT2D eigenvalue weighted by Gasteiger charge is 2.33. The molecule has 2 heteroatoms. The lowest BCUT2D eigenvalue weighted by Crippen LogP contribution is -2.44. The average Bonchev–Trinajstić information content (AvgIpc) is 2.74. The Morgan fingerprint density at radius 3 is 2.11 bits per heavy atom. The van der Waals surface area contributed by atoms with Crippen LogP contribution in [0, 0.1) is 11.3 Å². The number of hydrogen-bond donors (Lipinski definition) is 2. The van der Waals surface area contributed by atoms with Gasteiger partial charge in [0.15, 0.2) is 0 Å². The Hall–Kier alpha value is -0.0800. The van der Waals surface area contributed by atoms with Crippen molar-refractivity contribution in [1.82, 2.24) is 5.32 Å². The van der Waals surface area contributed by atoms with E-state index in [2.05, 4.69) is 26.1 Å². The predicted molar refractivity (Wildman–Crippen MR) is 76.6 cm³/mol. The Bertz CT molecular complexity index is 255. The predicted octanol–water partition coefficient (Wildman–Crippen LogP) is 3.49. The van der Waals surface area contributed by atoms with E-state index >= 15 is 0 Å². The van der Waals surface area contributed by atoms with Crippen LogP contribution in [-0.2, 0) is 0 Å². The Balaban J connectivity index is 1.71. The molecule has 2 fully saturated rings. The molecular formula is C16H31NO. The van der Waals surface area contributed by atoms with Gasteiger partial charge in [-0.2, -0.15) is 0 Å². The summed E-state index contributed by atoms with van der Waals surface area (Å²) in [7, 11) is 0. The van der Waals surface area contributed by atoms with Gasteiger partial charge in [0.05, 0.1) is 5.60 Å². The van der Waals surface area contributed by atoms with E-state index in [1.807, 2.05) is 0 Å². The van der Waals surface area contributed by atoms with Gasteiger partial charge in [-0.3, -0.25) is 0 Å². The third kappa shape index (κ3) is 3.71. The highest BCUT2D eigenvalue weighted by molar-refractivity contribution is 4.89. The number of rotatable bonds is 3. The van der Waals surface area contributed by atoms with Crippen LogP contribution < -0.4 is 5.32 Å². The van der Waals surface area contributed by atoms with Gasteiger partial charge in [0, 0.05) is 12.6 Å². The maximum Gasteiger partial charge on any atom is 0.0771 e. The van der Waals surface area contributed by atoms with Crippen molar-refractivity contribution in [3.05, 3.63) is 0 Å². The van der Waals surface area contributed by atoms with Crippen LogP contribution in [0.2, 0.25) is 0 Å². The summed E-state index contributed by atoms with van der Waals surface area (Å²) in [6.07, 6.45) is 9.67. The van der Waals surface area contributed by atoms with Crippen molar-refractivity contribution < 1.29 is 5.11 Å². The summed E-state index contributed by atoms with van der Waals surface area (Å²) in [5.41, 5.74) is 0.0789. The summed E-state index contributed by atoms with van der Waals surface area (Å²) < 4.78 is 0. The van der Waals surface area contributed by atoms with E-state index in [4.69, 9.17) is 0 Å². The van der Waals surface area contributed by atoms with Gasteiger partial charge >= 0.3 is 0 Å². The Morgan fingerprint density at radius 2 is 1.61 bits per heavy atom. The summed E-state index contributed by atoms with van der Waals surface area (Å²) in [5.74, 6) is 0.880. The molecule has 0 radical (unpaired) electrons. The lowest BCUT2D eigenvalue weighted by atomic mass is 9.71. The van der Waals surface area contributed by atoms with E-state index in [1.54, 1.807) is 0 Å². The SMILES string of the molecule is CC(C)(C)C1CCC(NCC2(O)CCCC2)CC1. The van der Waals surface area contributed by atoms with Crippen LogP contribution in [0.1, 0.15) is 72.1 Å². The molecule has 0 aliphatic heterocycles. The Labute approximate surface area is 113 Å². The zero-order valence-corrected chi connectivity index (χ0v) is 12.5. The van der Waals surface area contributed by atoms with Crippen LogP contribution in [-0.4, -0.2) is 23.3 Å². The molecular weight excluding hydrogens is 222 g/mol. The van der Waals surface area contributed by atoms with Gasteiger partial charge < -0.3 is 10.4 Å². The molecule has 0 atom stereocenters. The third-order valence-corrected chi connectivity index (χ3v) is 5.21. The Morgan fingerprint density at radius 1 is 1.06 bits per heavy atom. The summed E-state index contributed by atoms with van der Waals surface area (Å²) in [6, 6.07) is 0.647. The maximum absolute atomic E-state index is 10.3. The van der Waals surface area contributed by atoms with Gasteiger partial charge in [-0.15, -0.1) is 0 Å². The maximum atomic E-state index is 10.3. The van der Waals surface area contributed by atoms with Gasteiger partial charge in [-0.25, -0.2) is 0 Å². The number of nitrogens with one attached hydrogen (secondary N) is 1. The van der Waals surface area contributed by atoms with E-state index in [-0.39, 0.29) is 5.60 Å². The fourth-order valence-corrected chi connectivity index (χ4v) is 3.71. The lowest BCUT2D eigenvalue weighted by Gasteiger charge is -2.38. The average molecular weight is 253 g/mol. The first kappa shape index (κ1) is 14.3. The molecule has 2 N–H and O–H groups in total. The second kappa shape index (κ2) is 5.50. The van der Waals surface area contributed by atoms with Crippen LogP contribution in [0.3, 0.4) is 0 Å². The fraction of sp³-hybridized carbons (Fsp3) is 1.00. The molecule has 0 aromatic carbocycles. The summed E-state index contributed by atoms with van der Waals surface area (Å²) >= 11 is 0. The molecule has 0 amide bonds. The van der Waals surface area contributed by atoms with Crippen molar-refractivity contribution in [3.8, 4) is 0 Å². The van der Waals surface area contributed by atoms with Crippen molar-refractivity contribution in [2.24, 2.45) is 11.3 Å². The van der Waals surface area contributed by atoms with E-state index in [0.29, 0.717) is 11.5 Å². The molecule has 2 nitrogen and oxygen atoms in total. The van der Waals surface area contributed by atoms with Gasteiger partial charge in [-0.05, 0) is 49.9 Å². The van der Waals surface area contributed by atoms with Crippen molar-refractivity contribution >= 4 is 0 Å². The van der Waals surface area contributed by atoms with Crippen molar-refractivity contribution in [2.75, 3.05) is 6.54 Å². The molecule has 0 saturated heterocycles. The highest BCUT2D eigenvalue weighted by Crippen LogP contribution is 2.38. The largest absolute Gasteiger partial charge is 0.389 e. The van der Waals surface area contributed by atoms with Gasteiger partial charge in [-0.1, -0.05) is 33.6 Å². The van der Waals surface area contributed by atoms with Gasteiger partial charge in [0.2, 0.25) is 0 Å². The minimum atomic E-state index is -0.388. The lowest BCUT2D eigenvalue weighted by molar-refractivity contribution is 0.0411. The molecule has 18 heavy (non-hydrogen) atoms. The minimum Gasteiger partial charge on any atom is -0.389 e. The summed E-state index contributed by atoms with van der Waals surface area (Å²) in [4.78, 5) is 0. The smallest absolute Gasteiger partial charge is 0.0771 e. The Kier molecular flexibility index (Phi) is 4.38. The van der Waals surface area contributed by atoms with E-state index in [0.717, 1.165) is 25.3 Å². The first-order valence-corrected chi connectivity index (χ1v) is 7.85. The molecule has 0 heterocycles. The van der Waals surface area contributed by atoms with Gasteiger partial charge in [0.1, 0.15) is 0 Å². The monoisotopic (exact) mass is 253 g/mol. The van der Waals surface area contributed by atoms with Crippen LogP contribution in [0.4, 0.5) is 0 Å². The summed E-state index contributed by atoms with van der Waals surface area (Å²) in [5, 5.41) is 14.0. The van der Waals surface area contributed by atoms with Crippen molar-refractivity contribution in [3.63, 3.8) is 0 Å². The number of hydrogen-bond acceptors (Lipinski definition) is 2. The van der Waals surface area contributed by atoms with E-state index in [9.17, 15) is 5.11 Å². The second-order valence-electron chi connectivity index (χ2n) is 7.73. The molecule has 106 valence electrons. The van der Waals surface area contributed by atoms with Crippen molar-refractivity contribution in [1.29, 1.82) is 0 Å². The number of aliphatic hydroxyl groups is 1. The molecule has 0 spiro atoms. The highest BCUT2D eigenvalue weighted by atomic mass is 16.3. The first-order chi connectivity index (χ1) is 8.39.